The Morgan fingerprint density at radius 2 is 1.78 bits per heavy atom. The largest absolute Gasteiger partial charge is 0.309 e. The molecule has 0 spiro atoms. The first-order valence-corrected chi connectivity index (χ1v) is 8.25. The second kappa shape index (κ2) is 7.08. The normalized spacial score (nSPS) is 10.4. The summed E-state index contributed by atoms with van der Waals surface area (Å²) in [5.74, 6) is -0.231. The highest BCUT2D eigenvalue weighted by molar-refractivity contribution is 14.1. The van der Waals surface area contributed by atoms with Crippen molar-refractivity contribution in [2.24, 2.45) is 0 Å². The fourth-order valence-corrected chi connectivity index (χ4v) is 3.05. The predicted molar refractivity (Wildman–Crippen MR) is 99.1 cm³/mol. The summed E-state index contributed by atoms with van der Waals surface area (Å²) < 4.78 is 0.695. The molecule has 0 aromatic heterocycles. The molecule has 120 valence electrons. The van der Waals surface area contributed by atoms with Crippen molar-refractivity contribution in [1.29, 1.82) is 0 Å². The van der Waals surface area contributed by atoms with Gasteiger partial charge in [0.1, 0.15) is 0 Å². The minimum atomic E-state index is -0.486. The molecule has 5 nitrogen and oxygen atoms in total. The highest BCUT2D eigenvalue weighted by atomic mass is 127. The first kappa shape index (κ1) is 17.4. The molecular formula is C17H17IN2O3. The molecular weight excluding hydrogens is 407 g/mol. The Bertz CT molecular complexity index is 754. The molecule has 2 rings (SSSR count). The van der Waals surface area contributed by atoms with E-state index >= 15 is 0 Å². The zero-order chi connectivity index (χ0) is 17.1. The second-order valence-electron chi connectivity index (χ2n) is 5.32. The lowest BCUT2D eigenvalue weighted by atomic mass is 10.1. The van der Waals surface area contributed by atoms with E-state index in [1.54, 1.807) is 11.0 Å². The van der Waals surface area contributed by atoms with Crippen molar-refractivity contribution in [3.05, 3.63) is 66.8 Å². The number of carbonyl (C=O) groups is 1. The Hall–Kier alpha value is -1.96. The SMILES string of the molecule is CCN(C(=O)c1cc([N+](=O)[O-])ccc1I)c1cc(C)cc(C)c1. The summed E-state index contributed by atoms with van der Waals surface area (Å²) in [6.45, 7) is 6.33. The monoisotopic (exact) mass is 424 g/mol. The van der Waals surface area contributed by atoms with Gasteiger partial charge in [0.15, 0.2) is 0 Å². The summed E-state index contributed by atoms with van der Waals surface area (Å²) in [7, 11) is 0. The number of hydrogen-bond acceptors (Lipinski definition) is 3. The second-order valence-corrected chi connectivity index (χ2v) is 6.48. The summed E-state index contributed by atoms with van der Waals surface area (Å²) in [6.07, 6.45) is 0. The van der Waals surface area contributed by atoms with Crippen molar-refractivity contribution in [3.63, 3.8) is 0 Å². The fraction of sp³-hybridized carbons (Fsp3) is 0.235. The Balaban J connectivity index is 2.48. The van der Waals surface area contributed by atoms with Gasteiger partial charge in [0, 0.05) is 27.9 Å². The molecule has 0 saturated heterocycles. The van der Waals surface area contributed by atoms with Crippen LogP contribution in [0.4, 0.5) is 11.4 Å². The first-order chi connectivity index (χ1) is 10.8. The standard InChI is InChI=1S/C17H17IN2O3/c1-4-19(14-8-11(2)7-12(3)9-14)17(21)15-10-13(20(22)23)5-6-16(15)18/h5-10H,4H2,1-3H3. The van der Waals surface area contributed by atoms with E-state index in [9.17, 15) is 14.9 Å². The highest BCUT2D eigenvalue weighted by Gasteiger charge is 2.21. The molecule has 2 aromatic carbocycles. The number of nitrogens with zero attached hydrogens (tertiary/aromatic N) is 2. The lowest BCUT2D eigenvalue weighted by molar-refractivity contribution is -0.384. The van der Waals surface area contributed by atoms with Crippen LogP contribution in [-0.2, 0) is 0 Å². The van der Waals surface area contributed by atoms with Crippen molar-refractivity contribution >= 4 is 39.9 Å². The van der Waals surface area contributed by atoms with Crippen LogP contribution >= 0.6 is 22.6 Å². The molecule has 0 atom stereocenters. The van der Waals surface area contributed by atoms with Gasteiger partial charge in [0.25, 0.3) is 11.6 Å². The molecule has 0 fully saturated rings. The third kappa shape index (κ3) is 3.87. The maximum atomic E-state index is 12.9. The smallest absolute Gasteiger partial charge is 0.270 e. The quantitative estimate of drug-likeness (QED) is 0.413. The van der Waals surface area contributed by atoms with Gasteiger partial charge < -0.3 is 4.90 Å². The van der Waals surface area contributed by atoms with Crippen molar-refractivity contribution in [3.8, 4) is 0 Å². The molecule has 0 bridgehead atoms. The summed E-state index contributed by atoms with van der Waals surface area (Å²) in [4.78, 5) is 25.0. The third-order valence-electron chi connectivity index (χ3n) is 3.47. The maximum absolute atomic E-state index is 12.9. The molecule has 0 saturated carbocycles. The van der Waals surface area contributed by atoms with Gasteiger partial charge in [-0.25, -0.2) is 0 Å². The molecule has 23 heavy (non-hydrogen) atoms. The van der Waals surface area contributed by atoms with E-state index in [0.29, 0.717) is 15.7 Å². The predicted octanol–water partition coefficient (Wildman–Crippen LogP) is 4.48. The average molecular weight is 424 g/mol. The average Bonchev–Trinajstić information content (AvgIpc) is 2.47. The topological polar surface area (TPSA) is 63.5 Å². The first-order valence-electron chi connectivity index (χ1n) is 7.17. The molecule has 2 aromatic rings. The van der Waals surface area contributed by atoms with Crippen molar-refractivity contribution in [1.82, 2.24) is 0 Å². The fourth-order valence-electron chi connectivity index (χ4n) is 2.49. The number of non-ortho nitro benzene ring substituents is 1. The van der Waals surface area contributed by atoms with Gasteiger partial charge in [-0.15, -0.1) is 0 Å². The molecule has 0 aliphatic heterocycles. The van der Waals surface area contributed by atoms with Crippen LogP contribution in [0.25, 0.3) is 0 Å². The summed E-state index contributed by atoms with van der Waals surface area (Å²) in [5, 5.41) is 11.0. The lowest BCUT2D eigenvalue weighted by Gasteiger charge is -2.22. The summed E-state index contributed by atoms with van der Waals surface area (Å²) in [5.41, 5.74) is 3.21. The van der Waals surface area contributed by atoms with Crippen LogP contribution in [0.5, 0.6) is 0 Å². The van der Waals surface area contributed by atoms with Gasteiger partial charge in [0.2, 0.25) is 0 Å². The van der Waals surface area contributed by atoms with E-state index in [4.69, 9.17) is 0 Å². The van der Waals surface area contributed by atoms with Crippen molar-refractivity contribution in [2.75, 3.05) is 11.4 Å². The van der Waals surface area contributed by atoms with Gasteiger partial charge in [-0.3, -0.25) is 14.9 Å². The molecule has 0 aliphatic carbocycles. The van der Waals surface area contributed by atoms with E-state index in [2.05, 4.69) is 0 Å². The van der Waals surface area contributed by atoms with Crippen molar-refractivity contribution < 1.29 is 9.72 Å². The van der Waals surface area contributed by atoms with Gasteiger partial charge in [-0.05, 0) is 72.7 Å². The van der Waals surface area contributed by atoms with Crippen LogP contribution in [0.2, 0.25) is 0 Å². The molecule has 1 amide bonds. The van der Waals surface area contributed by atoms with Crippen LogP contribution in [-0.4, -0.2) is 17.4 Å². The molecule has 0 radical (unpaired) electrons. The minimum absolute atomic E-state index is 0.0785. The van der Waals surface area contributed by atoms with Crippen LogP contribution in [0.3, 0.4) is 0 Å². The number of benzene rings is 2. The number of halogens is 1. The van der Waals surface area contributed by atoms with Gasteiger partial charge in [-0.2, -0.15) is 0 Å². The number of hydrogen-bond donors (Lipinski definition) is 0. The van der Waals surface area contributed by atoms with Crippen LogP contribution in [0.15, 0.2) is 36.4 Å². The minimum Gasteiger partial charge on any atom is -0.309 e. The van der Waals surface area contributed by atoms with Gasteiger partial charge in [-0.1, -0.05) is 6.07 Å². The highest BCUT2D eigenvalue weighted by Crippen LogP contribution is 2.25. The van der Waals surface area contributed by atoms with Gasteiger partial charge >= 0.3 is 0 Å². The van der Waals surface area contributed by atoms with E-state index in [0.717, 1.165) is 16.8 Å². The Kier molecular flexibility index (Phi) is 5.35. The number of amides is 1. The van der Waals surface area contributed by atoms with Crippen LogP contribution < -0.4 is 4.90 Å². The molecule has 0 aliphatic rings. The molecule has 0 N–H and O–H groups in total. The zero-order valence-electron chi connectivity index (χ0n) is 13.2. The zero-order valence-corrected chi connectivity index (χ0v) is 15.3. The Morgan fingerprint density at radius 3 is 2.30 bits per heavy atom. The van der Waals surface area contributed by atoms with E-state index in [1.807, 2.05) is 61.6 Å². The number of nitro benzene ring substituents is 1. The summed E-state index contributed by atoms with van der Waals surface area (Å²) in [6, 6.07) is 10.3. The number of anilines is 1. The number of nitro groups is 1. The number of aryl methyl sites for hydroxylation is 2. The van der Waals surface area contributed by atoms with Crippen molar-refractivity contribution in [2.45, 2.75) is 20.8 Å². The van der Waals surface area contributed by atoms with Gasteiger partial charge in [0.05, 0.1) is 10.5 Å². The molecule has 0 unspecified atom stereocenters. The third-order valence-corrected chi connectivity index (χ3v) is 4.41. The summed E-state index contributed by atoms with van der Waals surface area (Å²) >= 11 is 2.03. The van der Waals surface area contributed by atoms with E-state index in [-0.39, 0.29) is 11.6 Å². The number of carbonyl (C=O) groups excluding carboxylic acids is 1. The van der Waals surface area contributed by atoms with Crippen LogP contribution in [0, 0.1) is 27.5 Å². The lowest BCUT2D eigenvalue weighted by Crippen LogP contribution is -2.31. The molecule has 6 heteroatoms. The number of rotatable bonds is 4. The van der Waals surface area contributed by atoms with E-state index in [1.165, 1.54) is 12.1 Å². The van der Waals surface area contributed by atoms with Crippen LogP contribution in [0.1, 0.15) is 28.4 Å². The molecule has 0 heterocycles. The maximum Gasteiger partial charge on any atom is 0.270 e. The Labute approximate surface area is 148 Å². The Morgan fingerprint density at radius 1 is 1.17 bits per heavy atom. The van der Waals surface area contributed by atoms with E-state index < -0.39 is 4.92 Å².